The molecule has 0 fully saturated rings. The fraction of sp³-hybridized carbons (Fsp3) is 0.312. The van der Waals surface area contributed by atoms with E-state index in [0.717, 1.165) is 19.2 Å². The first-order valence-corrected chi connectivity index (χ1v) is 7.17. The first-order chi connectivity index (χ1) is 10.7. The summed E-state index contributed by atoms with van der Waals surface area (Å²) in [6, 6.07) is 7.51. The van der Waals surface area contributed by atoms with Crippen LogP contribution in [-0.4, -0.2) is 30.7 Å². The number of guanidine groups is 1. The fourth-order valence-corrected chi connectivity index (χ4v) is 2.12. The Morgan fingerprint density at radius 3 is 2.32 bits per heavy atom. The van der Waals surface area contributed by atoms with Crippen LogP contribution in [0.25, 0.3) is 0 Å². The highest BCUT2D eigenvalue weighted by molar-refractivity contribution is 5.79. The highest BCUT2D eigenvalue weighted by atomic mass is 19.1. The quantitative estimate of drug-likeness (QED) is 0.634. The highest BCUT2D eigenvalue weighted by Gasteiger charge is 2.02. The zero-order valence-corrected chi connectivity index (χ0v) is 12.5. The first kappa shape index (κ1) is 16.0. The lowest BCUT2D eigenvalue weighted by Gasteiger charge is -2.12. The van der Waals surface area contributed by atoms with Gasteiger partial charge in [-0.25, -0.2) is 8.78 Å². The number of aliphatic imine (C=N–C) groups is 1. The van der Waals surface area contributed by atoms with E-state index in [1.54, 1.807) is 7.05 Å². The average molecular weight is 306 g/mol. The van der Waals surface area contributed by atoms with Crippen LogP contribution in [-0.2, 0) is 13.0 Å². The van der Waals surface area contributed by atoms with Gasteiger partial charge in [0, 0.05) is 45.1 Å². The molecule has 0 spiro atoms. The summed E-state index contributed by atoms with van der Waals surface area (Å²) in [7, 11) is 1.69. The fourth-order valence-electron chi connectivity index (χ4n) is 2.12. The summed E-state index contributed by atoms with van der Waals surface area (Å²) in [4.78, 5) is 4.11. The molecule has 2 aromatic rings. The summed E-state index contributed by atoms with van der Waals surface area (Å²) < 4.78 is 28.2. The maximum absolute atomic E-state index is 13.1. The third kappa shape index (κ3) is 5.20. The van der Waals surface area contributed by atoms with Gasteiger partial charge >= 0.3 is 0 Å². The average Bonchev–Trinajstić information content (AvgIpc) is 2.98. The van der Waals surface area contributed by atoms with Crippen molar-refractivity contribution in [3.8, 4) is 0 Å². The normalized spacial score (nSPS) is 11.5. The van der Waals surface area contributed by atoms with Gasteiger partial charge in [-0.2, -0.15) is 0 Å². The number of hydrogen-bond donors (Lipinski definition) is 2. The molecule has 0 aliphatic rings. The van der Waals surface area contributed by atoms with E-state index in [9.17, 15) is 8.78 Å². The van der Waals surface area contributed by atoms with E-state index in [0.29, 0.717) is 24.5 Å². The van der Waals surface area contributed by atoms with Gasteiger partial charge in [0.05, 0.1) is 0 Å². The molecule has 118 valence electrons. The minimum Gasteiger partial charge on any atom is -0.356 e. The van der Waals surface area contributed by atoms with Crippen LogP contribution in [0.4, 0.5) is 8.78 Å². The van der Waals surface area contributed by atoms with E-state index in [-0.39, 0.29) is 0 Å². The molecule has 1 aromatic carbocycles. The zero-order valence-electron chi connectivity index (χ0n) is 12.5. The minimum atomic E-state index is -0.552. The number of nitrogens with zero attached hydrogens (tertiary/aromatic N) is 2. The van der Waals surface area contributed by atoms with Crippen LogP contribution in [0.1, 0.15) is 5.56 Å². The topological polar surface area (TPSA) is 41.4 Å². The lowest BCUT2D eigenvalue weighted by Crippen LogP contribution is -2.39. The Morgan fingerprint density at radius 1 is 1.05 bits per heavy atom. The molecule has 0 radical (unpaired) electrons. The van der Waals surface area contributed by atoms with E-state index in [1.165, 1.54) is 12.1 Å². The van der Waals surface area contributed by atoms with Gasteiger partial charge in [0.1, 0.15) is 11.6 Å². The Balaban J connectivity index is 1.72. The predicted molar refractivity (Wildman–Crippen MR) is 83.9 cm³/mol. The molecule has 0 unspecified atom stereocenters. The number of aromatic nitrogens is 1. The third-order valence-electron chi connectivity index (χ3n) is 3.18. The molecule has 0 atom stereocenters. The summed E-state index contributed by atoms with van der Waals surface area (Å²) in [6.45, 7) is 2.12. The van der Waals surface area contributed by atoms with E-state index in [1.807, 2.05) is 24.5 Å². The van der Waals surface area contributed by atoms with Crippen LogP contribution in [0, 0.1) is 11.6 Å². The van der Waals surface area contributed by atoms with Crippen LogP contribution in [0.15, 0.2) is 47.7 Å². The number of halogens is 2. The number of benzene rings is 1. The van der Waals surface area contributed by atoms with Gasteiger partial charge in [-0.05, 0) is 36.2 Å². The SMILES string of the molecule is CN=C(NCCc1cc(F)cc(F)c1)NCCn1cccc1. The van der Waals surface area contributed by atoms with Gasteiger partial charge in [-0.15, -0.1) is 0 Å². The van der Waals surface area contributed by atoms with Crippen molar-refractivity contribution in [3.63, 3.8) is 0 Å². The second-order valence-electron chi connectivity index (χ2n) is 4.87. The Morgan fingerprint density at radius 2 is 1.68 bits per heavy atom. The van der Waals surface area contributed by atoms with Crippen LogP contribution in [0.5, 0.6) is 0 Å². The Bertz CT molecular complexity index is 588. The van der Waals surface area contributed by atoms with Crippen molar-refractivity contribution < 1.29 is 8.78 Å². The molecule has 6 heteroatoms. The van der Waals surface area contributed by atoms with Crippen molar-refractivity contribution in [2.45, 2.75) is 13.0 Å². The van der Waals surface area contributed by atoms with Crippen molar-refractivity contribution in [2.75, 3.05) is 20.1 Å². The molecule has 1 aromatic heterocycles. The van der Waals surface area contributed by atoms with Gasteiger partial charge in [-0.3, -0.25) is 4.99 Å². The third-order valence-corrected chi connectivity index (χ3v) is 3.18. The summed E-state index contributed by atoms with van der Waals surface area (Å²) in [5.74, 6) is -0.433. The number of nitrogens with one attached hydrogen (secondary N) is 2. The van der Waals surface area contributed by atoms with E-state index >= 15 is 0 Å². The van der Waals surface area contributed by atoms with Crippen LogP contribution in [0.3, 0.4) is 0 Å². The maximum atomic E-state index is 13.1. The summed E-state index contributed by atoms with van der Waals surface area (Å²) in [6.07, 6.45) is 4.51. The molecule has 2 N–H and O–H groups in total. The zero-order chi connectivity index (χ0) is 15.8. The number of rotatable bonds is 6. The van der Waals surface area contributed by atoms with Gasteiger partial charge < -0.3 is 15.2 Å². The molecule has 0 amide bonds. The van der Waals surface area contributed by atoms with Gasteiger partial charge in [0.2, 0.25) is 0 Å². The summed E-state index contributed by atoms with van der Waals surface area (Å²) in [5, 5.41) is 6.31. The van der Waals surface area contributed by atoms with Crippen molar-refractivity contribution in [3.05, 3.63) is 59.9 Å². The molecule has 4 nitrogen and oxygen atoms in total. The molecular weight excluding hydrogens is 286 g/mol. The highest BCUT2D eigenvalue weighted by Crippen LogP contribution is 2.07. The molecule has 0 saturated carbocycles. The van der Waals surface area contributed by atoms with Gasteiger partial charge in [0.15, 0.2) is 5.96 Å². The largest absolute Gasteiger partial charge is 0.356 e. The molecule has 2 rings (SSSR count). The van der Waals surface area contributed by atoms with E-state index in [2.05, 4.69) is 20.2 Å². The van der Waals surface area contributed by atoms with Crippen LogP contribution < -0.4 is 10.6 Å². The predicted octanol–water partition coefficient (Wildman–Crippen LogP) is 2.17. The molecular formula is C16H20F2N4. The first-order valence-electron chi connectivity index (χ1n) is 7.17. The minimum absolute atomic E-state index is 0.521. The van der Waals surface area contributed by atoms with Crippen molar-refractivity contribution in [1.29, 1.82) is 0 Å². The van der Waals surface area contributed by atoms with Crippen molar-refractivity contribution >= 4 is 5.96 Å². The molecule has 1 heterocycles. The van der Waals surface area contributed by atoms with Crippen molar-refractivity contribution in [1.82, 2.24) is 15.2 Å². The molecule has 22 heavy (non-hydrogen) atoms. The van der Waals surface area contributed by atoms with Crippen LogP contribution in [0.2, 0.25) is 0 Å². The second kappa shape index (κ2) is 8.17. The standard InChI is InChI=1S/C16H20F2N4/c1-19-16(21-6-9-22-7-2-3-8-22)20-5-4-13-10-14(17)12-15(18)11-13/h2-3,7-8,10-12H,4-6,9H2,1H3,(H2,19,20,21). The van der Waals surface area contributed by atoms with E-state index < -0.39 is 11.6 Å². The Kier molecular flexibility index (Phi) is 5.94. The smallest absolute Gasteiger partial charge is 0.191 e. The monoisotopic (exact) mass is 306 g/mol. The molecule has 0 bridgehead atoms. The van der Waals surface area contributed by atoms with Crippen LogP contribution >= 0.6 is 0 Å². The Hall–Kier alpha value is -2.37. The molecule has 0 aliphatic heterocycles. The lowest BCUT2D eigenvalue weighted by molar-refractivity contribution is 0.579. The summed E-state index contributed by atoms with van der Waals surface area (Å²) in [5.41, 5.74) is 0.618. The second-order valence-corrected chi connectivity index (χ2v) is 4.87. The number of hydrogen-bond acceptors (Lipinski definition) is 1. The lowest BCUT2D eigenvalue weighted by atomic mass is 10.1. The van der Waals surface area contributed by atoms with Gasteiger partial charge in [0.25, 0.3) is 0 Å². The van der Waals surface area contributed by atoms with E-state index in [4.69, 9.17) is 0 Å². The Labute approximate surface area is 128 Å². The summed E-state index contributed by atoms with van der Waals surface area (Å²) >= 11 is 0. The maximum Gasteiger partial charge on any atom is 0.191 e. The molecule has 0 saturated heterocycles. The molecule has 0 aliphatic carbocycles. The van der Waals surface area contributed by atoms with Gasteiger partial charge in [-0.1, -0.05) is 0 Å². The van der Waals surface area contributed by atoms with Crippen molar-refractivity contribution in [2.24, 2.45) is 4.99 Å².